The first kappa shape index (κ1) is 20.9. The van der Waals surface area contributed by atoms with Gasteiger partial charge in [0.2, 0.25) is 0 Å². The summed E-state index contributed by atoms with van der Waals surface area (Å²) in [6.45, 7) is 6.87. The van der Waals surface area contributed by atoms with E-state index < -0.39 is 0 Å². The van der Waals surface area contributed by atoms with Gasteiger partial charge in [-0.2, -0.15) is 0 Å². The number of aryl methyl sites for hydroxylation is 1. The van der Waals surface area contributed by atoms with Gasteiger partial charge >= 0.3 is 0 Å². The molecule has 4 heteroatoms. The molecule has 2 aromatic rings. The van der Waals surface area contributed by atoms with Crippen molar-refractivity contribution in [1.82, 2.24) is 9.80 Å². The van der Waals surface area contributed by atoms with Crippen LogP contribution < -0.4 is 4.74 Å². The van der Waals surface area contributed by atoms with Crippen molar-refractivity contribution in [2.24, 2.45) is 5.92 Å². The van der Waals surface area contributed by atoms with Crippen LogP contribution in [-0.4, -0.2) is 49.6 Å². The third-order valence-electron chi connectivity index (χ3n) is 7.09. The topological polar surface area (TPSA) is 15.7 Å². The molecule has 2 aliphatic rings. The summed E-state index contributed by atoms with van der Waals surface area (Å²) >= 11 is 1.91. The molecular weight excluding hydrogens is 376 g/mol. The molecule has 2 fully saturated rings. The minimum Gasteiger partial charge on any atom is -0.497 e. The highest BCUT2D eigenvalue weighted by molar-refractivity contribution is 7.10. The van der Waals surface area contributed by atoms with Crippen molar-refractivity contribution in [1.29, 1.82) is 0 Å². The van der Waals surface area contributed by atoms with Crippen LogP contribution in [0.2, 0.25) is 0 Å². The fourth-order valence-electron chi connectivity index (χ4n) is 5.33. The van der Waals surface area contributed by atoms with Crippen LogP contribution in [-0.2, 0) is 6.54 Å². The largest absolute Gasteiger partial charge is 0.497 e. The van der Waals surface area contributed by atoms with E-state index in [1.54, 1.807) is 7.11 Å². The lowest BCUT2D eigenvalue weighted by molar-refractivity contribution is 0.162. The molecule has 0 amide bonds. The first-order chi connectivity index (χ1) is 14.1. The zero-order chi connectivity index (χ0) is 20.2. The molecule has 0 radical (unpaired) electrons. The summed E-state index contributed by atoms with van der Waals surface area (Å²) in [4.78, 5) is 6.88. The van der Waals surface area contributed by atoms with Crippen LogP contribution in [0.1, 0.15) is 54.0 Å². The summed E-state index contributed by atoms with van der Waals surface area (Å²) < 4.78 is 5.53. The van der Waals surface area contributed by atoms with Crippen molar-refractivity contribution in [3.8, 4) is 5.75 Å². The van der Waals surface area contributed by atoms with Gasteiger partial charge in [0, 0.05) is 43.0 Å². The van der Waals surface area contributed by atoms with E-state index in [9.17, 15) is 0 Å². The van der Waals surface area contributed by atoms with Gasteiger partial charge in [-0.05, 0) is 67.4 Å². The Morgan fingerprint density at radius 3 is 2.69 bits per heavy atom. The molecule has 0 spiro atoms. The maximum atomic E-state index is 5.53. The van der Waals surface area contributed by atoms with Gasteiger partial charge in [0.25, 0.3) is 0 Å². The van der Waals surface area contributed by atoms with Gasteiger partial charge in [0.05, 0.1) is 7.11 Å². The molecule has 1 saturated carbocycles. The molecule has 2 heterocycles. The molecule has 2 atom stereocenters. The van der Waals surface area contributed by atoms with Crippen LogP contribution in [0.3, 0.4) is 0 Å². The number of likely N-dealkylation sites (tertiary alicyclic amines) is 1. The minimum absolute atomic E-state index is 0.580. The lowest BCUT2D eigenvalue weighted by Gasteiger charge is -2.34. The second-order valence-electron chi connectivity index (χ2n) is 9.10. The van der Waals surface area contributed by atoms with Crippen LogP contribution in [0.15, 0.2) is 35.7 Å². The Balaban J connectivity index is 1.50. The Bertz CT molecular complexity index is 783. The van der Waals surface area contributed by atoms with Crippen LogP contribution in [0.4, 0.5) is 0 Å². The molecule has 3 nitrogen and oxygen atoms in total. The lowest BCUT2D eigenvalue weighted by Crippen LogP contribution is -2.38. The summed E-state index contributed by atoms with van der Waals surface area (Å²) in [5.74, 6) is 2.24. The number of benzene rings is 1. The van der Waals surface area contributed by atoms with Gasteiger partial charge in [0.15, 0.2) is 0 Å². The molecule has 158 valence electrons. The summed E-state index contributed by atoms with van der Waals surface area (Å²) in [5.41, 5.74) is 2.88. The van der Waals surface area contributed by atoms with Crippen molar-refractivity contribution >= 4 is 11.3 Å². The first-order valence-electron chi connectivity index (χ1n) is 11.2. The minimum atomic E-state index is 0.580. The number of methoxy groups -OCH3 is 1. The van der Waals surface area contributed by atoms with Crippen molar-refractivity contribution in [2.45, 2.75) is 57.5 Å². The van der Waals surface area contributed by atoms with E-state index in [0.29, 0.717) is 11.8 Å². The van der Waals surface area contributed by atoms with Gasteiger partial charge in [-0.15, -0.1) is 11.3 Å². The fourth-order valence-corrected chi connectivity index (χ4v) is 6.28. The van der Waals surface area contributed by atoms with Crippen molar-refractivity contribution in [2.75, 3.05) is 33.8 Å². The number of thiophene rings is 1. The van der Waals surface area contributed by atoms with E-state index in [-0.39, 0.29) is 0 Å². The van der Waals surface area contributed by atoms with E-state index in [1.165, 1.54) is 61.2 Å². The monoisotopic (exact) mass is 412 g/mol. The molecule has 1 saturated heterocycles. The Morgan fingerprint density at radius 1 is 1.14 bits per heavy atom. The molecular formula is C25H36N2OS. The molecule has 4 rings (SSSR count). The number of nitrogens with zero attached hydrogens (tertiary/aromatic N) is 2. The average Bonchev–Trinajstić information content (AvgIpc) is 3.34. The second kappa shape index (κ2) is 9.63. The van der Waals surface area contributed by atoms with E-state index in [1.807, 2.05) is 11.3 Å². The lowest BCUT2D eigenvalue weighted by atomic mass is 9.87. The summed E-state index contributed by atoms with van der Waals surface area (Å²) in [7, 11) is 4.14. The van der Waals surface area contributed by atoms with Crippen molar-refractivity contribution in [3.63, 3.8) is 0 Å². The predicted octanol–water partition coefficient (Wildman–Crippen LogP) is 5.55. The molecule has 0 N–H and O–H groups in total. The molecule has 1 aliphatic carbocycles. The Kier molecular flexibility index (Phi) is 6.94. The summed E-state index contributed by atoms with van der Waals surface area (Å²) in [5, 5.41) is 2.23. The molecule has 1 aliphatic heterocycles. The van der Waals surface area contributed by atoms with Gasteiger partial charge in [0.1, 0.15) is 5.75 Å². The number of hydrogen-bond acceptors (Lipinski definition) is 4. The average molecular weight is 413 g/mol. The summed E-state index contributed by atoms with van der Waals surface area (Å²) in [6.07, 6.45) is 7.00. The molecule has 29 heavy (non-hydrogen) atoms. The highest BCUT2D eigenvalue weighted by atomic mass is 32.1. The summed E-state index contributed by atoms with van der Waals surface area (Å²) in [6, 6.07) is 11.8. The van der Waals surface area contributed by atoms with Gasteiger partial charge in [-0.1, -0.05) is 31.4 Å². The Labute approximate surface area is 180 Å². The zero-order valence-electron chi connectivity index (χ0n) is 18.3. The van der Waals surface area contributed by atoms with Gasteiger partial charge in [-0.25, -0.2) is 0 Å². The van der Waals surface area contributed by atoms with E-state index in [4.69, 9.17) is 4.74 Å². The van der Waals surface area contributed by atoms with E-state index in [0.717, 1.165) is 24.9 Å². The Hall–Kier alpha value is -1.36. The van der Waals surface area contributed by atoms with Crippen LogP contribution in [0.25, 0.3) is 0 Å². The van der Waals surface area contributed by atoms with E-state index >= 15 is 0 Å². The first-order valence-corrected chi connectivity index (χ1v) is 12.1. The number of ether oxygens (including phenoxy) is 1. The smallest absolute Gasteiger partial charge is 0.119 e. The van der Waals surface area contributed by atoms with Crippen LogP contribution in [0.5, 0.6) is 5.75 Å². The number of rotatable bonds is 7. The quantitative estimate of drug-likeness (QED) is 0.593. The highest BCUT2D eigenvalue weighted by Gasteiger charge is 2.35. The molecule has 1 aromatic heterocycles. The Morgan fingerprint density at radius 2 is 1.97 bits per heavy atom. The highest BCUT2D eigenvalue weighted by Crippen LogP contribution is 2.37. The maximum absolute atomic E-state index is 5.53. The fraction of sp³-hybridized carbons (Fsp3) is 0.600. The zero-order valence-corrected chi connectivity index (χ0v) is 19.1. The van der Waals surface area contributed by atoms with Crippen LogP contribution >= 0.6 is 11.3 Å². The molecule has 0 unspecified atom stereocenters. The van der Waals surface area contributed by atoms with Gasteiger partial charge < -0.3 is 9.64 Å². The van der Waals surface area contributed by atoms with Crippen molar-refractivity contribution < 1.29 is 4.74 Å². The maximum Gasteiger partial charge on any atom is 0.119 e. The normalized spacial score (nSPS) is 23.7. The van der Waals surface area contributed by atoms with Gasteiger partial charge in [-0.3, -0.25) is 4.90 Å². The number of hydrogen-bond donors (Lipinski definition) is 0. The molecule has 1 aromatic carbocycles. The SMILES string of the molecule is COc1cccc([C@H]2CN(Cc3sccc3C)C[C@@H]2CN(C)C2CCCCC2)c1. The van der Waals surface area contributed by atoms with Crippen molar-refractivity contribution in [3.05, 3.63) is 51.7 Å². The standard InChI is InChI=1S/C25H36N2OS/c1-19-12-13-29-25(19)18-27-16-21(15-26(2)22-9-5-4-6-10-22)24(17-27)20-8-7-11-23(14-20)28-3/h7-8,11-14,21-22,24H,4-6,9-10,15-18H2,1-3H3/t21-,24+/m0/s1. The third kappa shape index (κ3) is 5.04. The van der Waals surface area contributed by atoms with E-state index in [2.05, 4.69) is 59.5 Å². The third-order valence-corrected chi connectivity index (χ3v) is 8.10. The predicted molar refractivity (Wildman–Crippen MR) is 123 cm³/mol. The van der Waals surface area contributed by atoms with Crippen LogP contribution in [0, 0.1) is 12.8 Å². The second-order valence-corrected chi connectivity index (χ2v) is 10.1. The molecule has 0 bridgehead atoms.